The summed E-state index contributed by atoms with van der Waals surface area (Å²) in [6.07, 6.45) is 1.91. The number of hydrogen-bond donors (Lipinski definition) is 2. The lowest BCUT2D eigenvalue weighted by atomic mass is 10.1. The van der Waals surface area contributed by atoms with Gasteiger partial charge >= 0.3 is 0 Å². The van der Waals surface area contributed by atoms with Gasteiger partial charge in [-0.1, -0.05) is 55.5 Å². The number of hydrogen-bond acceptors (Lipinski definition) is 2. The van der Waals surface area contributed by atoms with Crippen molar-refractivity contribution < 1.29 is 9.90 Å². The van der Waals surface area contributed by atoms with E-state index in [0.29, 0.717) is 12.1 Å². The van der Waals surface area contributed by atoms with Gasteiger partial charge in [-0.15, -0.1) is 0 Å². The average Bonchev–Trinajstić information content (AvgIpc) is 2.99. The van der Waals surface area contributed by atoms with E-state index in [-0.39, 0.29) is 18.4 Å². The minimum absolute atomic E-state index is 0.0478. The van der Waals surface area contributed by atoms with E-state index in [1.165, 1.54) is 5.56 Å². The van der Waals surface area contributed by atoms with E-state index in [4.69, 9.17) is 5.11 Å². The van der Waals surface area contributed by atoms with E-state index in [1.54, 1.807) is 0 Å². The number of para-hydroxylation sites is 1. The van der Waals surface area contributed by atoms with Gasteiger partial charge in [-0.05, 0) is 17.5 Å². The Balaban J connectivity index is 1.90. The Kier molecular flexibility index (Phi) is 4.96. The van der Waals surface area contributed by atoms with Crippen molar-refractivity contribution in [3.8, 4) is 0 Å². The number of benzene rings is 2. The molecular weight excluding hydrogens is 300 g/mol. The predicted molar refractivity (Wildman–Crippen MR) is 96.1 cm³/mol. The standard InChI is InChI=1S/C20H22N2O2/c1-15(14-23)11-21-20(24)18-13-22(12-16-7-3-2-4-8-16)19-10-6-5-9-17(18)19/h2-10,13,15,23H,11-12,14H2,1H3,(H,21,24). The number of aromatic nitrogens is 1. The van der Waals surface area contributed by atoms with E-state index >= 15 is 0 Å². The summed E-state index contributed by atoms with van der Waals surface area (Å²) < 4.78 is 2.11. The number of carbonyl (C=O) groups is 1. The van der Waals surface area contributed by atoms with Crippen LogP contribution < -0.4 is 5.32 Å². The molecule has 0 aliphatic heterocycles. The Morgan fingerprint density at radius 1 is 1.12 bits per heavy atom. The number of aliphatic hydroxyl groups excluding tert-OH is 1. The van der Waals surface area contributed by atoms with Crippen LogP contribution in [-0.4, -0.2) is 28.7 Å². The molecule has 1 unspecified atom stereocenters. The van der Waals surface area contributed by atoms with Crippen LogP contribution in [0.3, 0.4) is 0 Å². The van der Waals surface area contributed by atoms with Crippen molar-refractivity contribution in [1.82, 2.24) is 9.88 Å². The van der Waals surface area contributed by atoms with Crippen LogP contribution in [-0.2, 0) is 6.54 Å². The normalized spacial score (nSPS) is 12.2. The van der Waals surface area contributed by atoms with Crippen molar-refractivity contribution in [1.29, 1.82) is 0 Å². The highest BCUT2D eigenvalue weighted by molar-refractivity contribution is 6.07. The fourth-order valence-electron chi connectivity index (χ4n) is 2.77. The highest BCUT2D eigenvalue weighted by Crippen LogP contribution is 2.22. The molecule has 0 bridgehead atoms. The maximum absolute atomic E-state index is 12.5. The summed E-state index contributed by atoms with van der Waals surface area (Å²) in [5.74, 6) is -0.0510. The molecule has 3 aromatic rings. The molecule has 2 aromatic carbocycles. The molecule has 4 nitrogen and oxygen atoms in total. The predicted octanol–water partition coefficient (Wildman–Crippen LogP) is 3.05. The molecule has 24 heavy (non-hydrogen) atoms. The molecule has 1 atom stereocenters. The fourth-order valence-corrected chi connectivity index (χ4v) is 2.77. The van der Waals surface area contributed by atoms with Gasteiger partial charge < -0.3 is 15.0 Å². The highest BCUT2D eigenvalue weighted by atomic mass is 16.3. The molecule has 0 saturated carbocycles. The average molecular weight is 322 g/mol. The van der Waals surface area contributed by atoms with Crippen molar-refractivity contribution in [2.45, 2.75) is 13.5 Å². The molecule has 1 heterocycles. The van der Waals surface area contributed by atoms with E-state index < -0.39 is 0 Å². The first-order valence-electron chi connectivity index (χ1n) is 8.20. The van der Waals surface area contributed by atoms with Crippen molar-refractivity contribution in [2.24, 2.45) is 5.92 Å². The van der Waals surface area contributed by atoms with Crippen LogP contribution in [0, 0.1) is 5.92 Å². The maximum Gasteiger partial charge on any atom is 0.253 e. The summed E-state index contributed by atoms with van der Waals surface area (Å²) in [6.45, 7) is 3.16. The Labute approximate surface area is 141 Å². The Bertz CT molecular complexity index is 824. The van der Waals surface area contributed by atoms with Gasteiger partial charge in [0.05, 0.1) is 5.56 Å². The topological polar surface area (TPSA) is 54.3 Å². The van der Waals surface area contributed by atoms with E-state index in [9.17, 15) is 4.79 Å². The van der Waals surface area contributed by atoms with Crippen LogP contribution in [0.25, 0.3) is 10.9 Å². The van der Waals surface area contributed by atoms with Gasteiger partial charge in [-0.25, -0.2) is 0 Å². The summed E-state index contributed by atoms with van der Waals surface area (Å²) in [7, 11) is 0. The lowest BCUT2D eigenvalue weighted by Crippen LogP contribution is -2.29. The highest BCUT2D eigenvalue weighted by Gasteiger charge is 2.15. The molecule has 0 saturated heterocycles. The van der Waals surface area contributed by atoms with E-state index in [0.717, 1.165) is 17.4 Å². The third-order valence-corrected chi connectivity index (χ3v) is 4.15. The summed E-state index contributed by atoms with van der Waals surface area (Å²) in [4.78, 5) is 12.5. The first-order chi connectivity index (χ1) is 11.7. The molecule has 0 radical (unpaired) electrons. The molecule has 0 spiro atoms. The smallest absolute Gasteiger partial charge is 0.253 e. The third-order valence-electron chi connectivity index (χ3n) is 4.15. The summed E-state index contributed by atoms with van der Waals surface area (Å²) >= 11 is 0. The van der Waals surface area contributed by atoms with E-state index in [1.807, 2.05) is 55.6 Å². The summed E-state index contributed by atoms with van der Waals surface area (Å²) in [5.41, 5.74) is 2.91. The first kappa shape index (κ1) is 16.3. The number of nitrogens with one attached hydrogen (secondary N) is 1. The molecular formula is C20H22N2O2. The van der Waals surface area contributed by atoms with Crippen molar-refractivity contribution >= 4 is 16.8 Å². The fraction of sp³-hybridized carbons (Fsp3) is 0.250. The molecule has 2 N–H and O–H groups in total. The van der Waals surface area contributed by atoms with Gasteiger partial charge in [0.1, 0.15) is 0 Å². The van der Waals surface area contributed by atoms with Gasteiger partial charge in [-0.2, -0.15) is 0 Å². The first-order valence-corrected chi connectivity index (χ1v) is 8.20. The third kappa shape index (κ3) is 3.49. The SMILES string of the molecule is CC(CO)CNC(=O)c1cn(Cc2ccccc2)c2ccccc12. The van der Waals surface area contributed by atoms with Gasteiger partial charge in [0.15, 0.2) is 0 Å². The lowest BCUT2D eigenvalue weighted by molar-refractivity contribution is 0.0944. The Morgan fingerprint density at radius 2 is 1.83 bits per heavy atom. The minimum Gasteiger partial charge on any atom is -0.396 e. The number of nitrogens with zero attached hydrogens (tertiary/aromatic N) is 1. The van der Waals surface area contributed by atoms with Crippen LogP contribution in [0.1, 0.15) is 22.8 Å². The molecule has 3 rings (SSSR count). The number of rotatable bonds is 6. The molecule has 124 valence electrons. The van der Waals surface area contributed by atoms with Crippen LogP contribution in [0.15, 0.2) is 60.8 Å². The van der Waals surface area contributed by atoms with Crippen LogP contribution in [0.2, 0.25) is 0 Å². The number of carbonyl (C=O) groups excluding carboxylic acids is 1. The molecule has 4 heteroatoms. The molecule has 0 aliphatic carbocycles. The second kappa shape index (κ2) is 7.32. The molecule has 0 aliphatic rings. The second-order valence-corrected chi connectivity index (χ2v) is 6.17. The summed E-state index contributed by atoms with van der Waals surface area (Å²) in [5, 5.41) is 13.0. The van der Waals surface area contributed by atoms with Gasteiger partial charge in [0.25, 0.3) is 5.91 Å². The van der Waals surface area contributed by atoms with E-state index in [2.05, 4.69) is 22.0 Å². The van der Waals surface area contributed by atoms with Crippen molar-refractivity contribution in [3.63, 3.8) is 0 Å². The Morgan fingerprint density at radius 3 is 2.58 bits per heavy atom. The molecule has 0 fully saturated rings. The van der Waals surface area contributed by atoms with Gasteiger partial charge in [-0.3, -0.25) is 4.79 Å². The van der Waals surface area contributed by atoms with Crippen molar-refractivity contribution in [3.05, 3.63) is 71.9 Å². The maximum atomic E-state index is 12.5. The quantitative estimate of drug-likeness (QED) is 0.733. The molecule has 1 aromatic heterocycles. The molecule has 1 amide bonds. The number of fused-ring (bicyclic) bond motifs is 1. The van der Waals surface area contributed by atoms with Crippen LogP contribution in [0.4, 0.5) is 0 Å². The lowest BCUT2D eigenvalue weighted by Gasteiger charge is -2.08. The largest absolute Gasteiger partial charge is 0.396 e. The van der Waals surface area contributed by atoms with Crippen LogP contribution >= 0.6 is 0 Å². The van der Waals surface area contributed by atoms with Crippen LogP contribution in [0.5, 0.6) is 0 Å². The zero-order valence-electron chi connectivity index (χ0n) is 13.8. The zero-order valence-corrected chi connectivity index (χ0v) is 13.8. The Hall–Kier alpha value is -2.59. The monoisotopic (exact) mass is 322 g/mol. The minimum atomic E-state index is -0.0988. The van der Waals surface area contributed by atoms with Gasteiger partial charge in [0.2, 0.25) is 0 Å². The number of amides is 1. The second-order valence-electron chi connectivity index (χ2n) is 6.17. The number of aliphatic hydroxyl groups is 1. The summed E-state index contributed by atoms with van der Waals surface area (Å²) in [6, 6.07) is 18.1. The zero-order chi connectivity index (χ0) is 16.9. The van der Waals surface area contributed by atoms with Crippen molar-refractivity contribution in [2.75, 3.05) is 13.2 Å². The van der Waals surface area contributed by atoms with Gasteiger partial charge in [0, 0.05) is 36.8 Å².